The van der Waals surface area contributed by atoms with Crippen LogP contribution >= 0.6 is 11.8 Å². The number of fused-ring (bicyclic) bond motifs is 1. The average Bonchev–Trinajstić information content (AvgIpc) is 2.56. The Morgan fingerprint density at radius 2 is 2.09 bits per heavy atom. The van der Waals surface area contributed by atoms with Gasteiger partial charge in [-0.25, -0.2) is 0 Å². The second-order valence-electron chi connectivity index (χ2n) is 5.85. The van der Waals surface area contributed by atoms with Crippen molar-refractivity contribution in [2.24, 2.45) is 0 Å². The summed E-state index contributed by atoms with van der Waals surface area (Å²) in [6, 6.07) is 14.4. The van der Waals surface area contributed by atoms with Gasteiger partial charge in [-0.3, -0.25) is 4.79 Å². The van der Waals surface area contributed by atoms with Crippen LogP contribution in [-0.4, -0.2) is 18.3 Å². The number of carbonyl (C=O) groups excluding carboxylic acids is 1. The predicted molar refractivity (Wildman–Crippen MR) is 94.1 cm³/mol. The lowest BCUT2D eigenvalue weighted by atomic mass is 10.0. The zero-order valence-electron chi connectivity index (χ0n) is 13.5. The molecule has 3 rings (SSSR count). The molecule has 1 amide bonds. The molecule has 0 aromatic heterocycles. The van der Waals surface area contributed by atoms with E-state index >= 15 is 0 Å². The molecule has 3 nitrogen and oxygen atoms in total. The van der Waals surface area contributed by atoms with Crippen LogP contribution in [0.4, 0.5) is 0 Å². The molecular formula is C19H21NO2S. The Morgan fingerprint density at radius 3 is 2.96 bits per heavy atom. The molecule has 4 heteroatoms. The molecule has 0 saturated heterocycles. The van der Waals surface area contributed by atoms with Gasteiger partial charge in [-0.1, -0.05) is 30.3 Å². The molecule has 0 fully saturated rings. The highest BCUT2D eigenvalue weighted by molar-refractivity contribution is 7.99. The lowest BCUT2D eigenvalue weighted by molar-refractivity contribution is -0.123. The number of amides is 1. The van der Waals surface area contributed by atoms with Crippen LogP contribution in [0.3, 0.4) is 0 Å². The molecule has 23 heavy (non-hydrogen) atoms. The Kier molecular flexibility index (Phi) is 4.91. The van der Waals surface area contributed by atoms with Crippen molar-refractivity contribution in [3.63, 3.8) is 0 Å². The Balaban J connectivity index is 1.61. The normalized spacial score (nSPS) is 16.5. The van der Waals surface area contributed by atoms with Gasteiger partial charge in [-0.2, -0.15) is 0 Å². The van der Waals surface area contributed by atoms with Crippen LogP contribution < -0.4 is 10.1 Å². The molecule has 1 N–H and O–H groups in total. The Bertz CT molecular complexity index is 714. The number of nitrogens with one attached hydrogen (secondary N) is 1. The summed E-state index contributed by atoms with van der Waals surface area (Å²) in [5.74, 6) is 1.73. The van der Waals surface area contributed by atoms with E-state index < -0.39 is 0 Å². The van der Waals surface area contributed by atoms with E-state index in [2.05, 4.69) is 17.4 Å². The fraction of sp³-hybridized carbons (Fsp3) is 0.316. The van der Waals surface area contributed by atoms with Crippen LogP contribution in [-0.2, 0) is 4.79 Å². The fourth-order valence-corrected chi connectivity index (χ4v) is 3.86. The van der Waals surface area contributed by atoms with Gasteiger partial charge in [0.05, 0.1) is 6.04 Å². The minimum absolute atomic E-state index is 0.0517. The number of aryl methyl sites for hydroxylation is 2. The summed E-state index contributed by atoms with van der Waals surface area (Å²) < 4.78 is 5.69. The van der Waals surface area contributed by atoms with E-state index in [1.807, 2.05) is 55.9 Å². The van der Waals surface area contributed by atoms with Crippen LogP contribution in [0.1, 0.15) is 29.2 Å². The third-order valence-corrected chi connectivity index (χ3v) is 5.12. The number of thioether (sulfide) groups is 1. The standard InChI is InChI=1S/C19H21NO2S/c1-13-7-8-14(2)17(11-13)22-12-19(21)20-16-9-10-23-18-6-4-3-5-15(16)18/h3-8,11,16H,9-10,12H2,1-2H3,(H,20,21)/t16-/m1/s1. The van der Waals surface area contributed by atoms with Crippen LogP contribution in [0.25, 0.3) is 0 Å². The third kappa shape index (κ3) is 3.88. The van der Waals surface area contributed by atoms with E-state index in [-0.39, 0.29) is 18.6 Å². The Morgan fingerprint density at radius 1 is 1.26 bits per heavy atom. The van der Waals surface area contributed by atoms with Crippen molar-refractivity contribution in [1.29, 1.82) is 0 Å². The number of carbonyl (C=O) groups is 1. The van der Waals surface area contributed by atoms with E-state index in [0.717, 1.165) is 29.1 Å². The second kappa shape index (κ2) is 7.09. The molecule has 0 saturated carbocycles. The van der Waals surface area contributed by atoms with Gasteiger partial charge in [0.1, 0.15) is 5.75 Å². The molecule has 1 atom stereocenters. The summed E-state index contributed by atoms with van der Waals surface area (Å²) in [6.07, 6.45) is 0.955. The van der Waals surface area contributed by atoms with Crippen LogP contribution in [0.15, 0.2) is 47.4 Å². The first kappa shape index (κ1) is 15.9. The van der Waals surface area contributed by atoms with Crippen LogP contribution in [0.2, 0.25) is 0 Å². The van der Waals surface area contributed by atoms with Gasteiger partial charge in [0, 0.05) is 10.6 Å². The van der Waals surface area contributed by atoms with Crippen molar-refractivity contribution >= 4 is 17.7 Å². The van der Waals surface area contributed by atoms with Crippen molar-refractivity contribution < 1.29 is 9.53 Å². The molecule has 0 spiro atoms. The van der Waals surface area contributed by atoms with Crippen LogP contribution in [0.5, 0.6) is 5.75 Å². The van der Waals surface area contributed by atoms with Crippen molar-refractivity contribution in [3.8, 4) is 5.75 Å². The number of hydrogen-bond acceptors (Lipinski definition) is 3. The highest BCUT2D eigenvalue weighted by Gasteiger charge is 2.22. The summed E-state index contributed by atoms with van der Waals surface area (Å²) in [5.41, 5.74) is 3.39. The molecule has 1 aliphatic heterocycles. The quantitative estimate of drug-likeness (QED) is 0.921. The van der Waals surface area contributed by atoms with Gasteiger partial charge in [0.15, 0.2) is 6.61 Å². The molecule has 1 aliphatic rings. The van der Waals surface area contributed by atoms with E-state index in [9.17, 15) is 4.79 Å². The van der Waals surface area contributed by atoms with E-state index in [1.165, 1.54) is 10.5 Å². The molecule has 0 bridgehead atoms. The highest BCUT2D eigenvalue weighted by Crippen LogP contribution is 2.35. The molecule has 120 valence electrons. The van der Waals surface area contributed by atoms with Crippen LogP contribution in [0, 0.1) is 13.8 Å². The highest BCUT2D eigenvalue weighted by atomic mass is 32.2. The van der Waals surface area contributed by atoms with Gasteiger partial charge in [0.25, 0.3) is 5.91 Å². The summed E-state index contributed by atoms with van der Waals surface area (Å²) in [6.45, 7) is 4.06. The van der Waals surface area contributed by atoms with Gasteiger partial charge in [-0.15, -0.1) is 11.8 Å². The second-order valence-corrected chi connectivity index (χ2v) is 6.99. The summed E-state index contributed by atoms with van der Waals surface area (Å²) in [4.78, 5) is 13.5. The maximum Gasteiger partial charge on any atom is 0.258 e. The smallest absolute Gasteiger partial charge is 0.258 e. The average molecular weight is 327 g/mol. The molecule has 0 unspecified atom stereocenters. The van der Waals surface area contributed by atoms with Crippen molar-refractivity contribution in [1.82, 2.24) is 5.32 Å². The Labute approximate surface area is 141 Å². The largest absolute Gasteiger partial charge is 0.483 e. The van der Waals surface area contributed by atoms with E-state index in [0.29, 0.717) is 0 Å². The summed E-state index contributed by atoms with van der Waals surface area (Å²) >= 11 is 1.85. The van der Waals surface area contributed by atoms with Gasteiger partial charge in [0.2, 0.25) is 0 Å². The SMILES string of the molecule is Cc1ccc(C)c(OCC(=O)N[C@@H]2CCSc3ccccc32)c1. The lowest BCUT2D eigenvalue weighted by Gasteiger charge is -2.25. The molecule has 1 heterocycles. The summed E-state index contributed by atoms with van der Waals surface area (Å²) in [5, 5.41) is 3.10. The number of benzene rings is 2. The first-order valence-corrected chi connectivity index (χ1v) is 8.83. The first-order valence-electron chi connectivity index (χ1n) is 7.84. The minimum atomic E-state index is -0.0717. The summed E-state index contributed by atoms with van der Waals surface area (Å²) in [7, 11) is 0. The third-order valence-electron chi connectivity index (χ3n) is 4.00. The molecule has 2 aromatic rings. The zero-order chi connectivity index (χ0) is 16.2. The van der Waals surface area contributed by atoms with Gasteiger partial charge >= 0.3 is 0 Å². The number of ether oxygens (including phenoxy) is 1. The molecule has 0 aliphatic carbocycles. The lowest BCUT2D eigenvalue weighted by Crippen LogP contribution is -2.34. The molecule has 0 radical (unpaired) electrons. The maximum absolute atomic E-state index is 12.2. The monoisotopic (exact) mass is 327 g/mol. The van der Waals surface area contributed by atoms with Gasteiger partial charge in [-0.05, 0) is 49.1 Å². The maximum atomic E-state index is 12.2. The molecule has 2 aromatic carbocycles. The topological polar surface area (TPSA) is 38.3 Å². The first-order chi connectivity index (χ1) is 11.1. The van der Waals surface area contributed by atoms with Crippen molar-refractivity contribution in [2.75, 3.05) is 12.4 Å². The van der Waals surface area contributed by atoms with Crippen molar-refractivity contribution in [2.45, 2.75) is 31.2 Å². The molecular weight excluding hydrogens is 306 g/mol. The Hall–Kier alpha value is -1.94. The predicted octanol–water partition coefficient (Wildman–Crippen LogP) is 4.04. The zero-order valence-corrected chi connectivity index (χ0v) is 14.3. The van der Waals surface area contributed by atoms with E-state index in [4.69, 9.17) is 4.74 Å². The fourth-order valence-electron chi connectivity index (χ4n) is 2.73. The number of rotatable bonds is 4. The number of hydrogen-bond donors (Lipinski definition) is 1. The van der Waals surface area contributed by atoms with E-state index in [1.54, 1.807) is 0 Å². The minimum Gasteiger partial charge on any atom is -0.483 e. The van der Waals surface area contributed by atoms with Gasteiger partial charge < -0.3 is 10.1 Å². The van der Waals surface area contributed by atoms with Crippen molar-refractivity contribution in [3.05, 3.63) is 59.2 Å².